The van der Waals surface area contributed by atoms with Crippen molar-refractivity contribution in [3.8, 4) is 0 Å². The average molecular weight is 271 g/mol. The van der Waals surface area contributed by atoms with Crippen molar-refractivity contribution in [2.45, 2.75) is 64.3 Å². The molecule has 20 heavy (non-hydrogen) atoms. The molecule has 110 valence electrons. The van der Waals surface area contributed by atoms with Gasteiger partial charge in [-0.05, 0) is 67.5 Å². The molecule has 1 nitrogen and oxygen atoms in total. The van der Waals surface area contributed by atoms with Crippen LogP contribution in [0.1, 0.15) is 75.5 Å². The highest BCUT2D eigenvalue weighted by Gasteiger charge is 2.34. The maximum atomic E-state index is 3.81. The van der Waals surface area contributed by atoms with Crippen LogP contribution < -0.4 is 5.32 Å². The molecule has 0 spiro atoms. The molecule has 0 aliphatic heterocycles. The minimum absolute atomic E-state index is 0.558. The van der Waals surface area contributed by atoms with E-state index < -0.39 is 0 Å². The lowest BCUT2D eigenvalue weighted by Crippen LogP contribution is -2.29. The van der Waals surface area contributed by atoms with Crippen molar-refractivity contribution in [2.24, 2.45) is 11.8 Å². The summed E-state index contributed by atoms with van der Waals surface area (Å²) in [5, 5.41) is 3.81. The highest BCUT2D eigenvalue weighted by Crippen LogP contribution is 2.43. The van der Waals surface area contributed by atoms with Gasteiger partial charge in [0.25, 0.3) is 0 Å². The summed E-state index contributed by atoms with van der Waals surface area (Å²) in [6.45, 7) is 5.84. The number of nitrogens with one attached hydrogen (secondary N) is 1. The molecule has 0 amide bonds. The Balaban J connectivity index is 1.77. The van der Waals surface area contributed by atoms with E-state index in [9.17, 15) is 0 Å². The lowest BCUT2D eigenvalue weighted by atomic mass is 9.78. The fraction of sp³-hybridized carbons (Fsp3) is 0.684. The second kappa shape index (κ2) is 6.30. The van der Waals surface area contributed by atoms with Crippen LogP contribution in [0, 0.1) is 11.8 Å². The Morgan fingerprint density at radius 2 is 2.00 bits per heavy atom. The molecular weight excluding hydrogens is 242 g/mol. The van der Waals surface area contributed by atoms with Crippen LogP contribution >= 0.6 is 0 Å². The average Bonchev–Trinajstić information content (AvgIpc) is 3.22. The highest BCUT2D eigenvalue weighted by atomic mass is 14.9. The van der Waals surface area contributed by atoms with Gasteiger partial charge in [-0.1, -0.05) is 44.5 Å². The largest absolute Gasteiger partial charge is 0.310 e. The molecule has 0 heterocycles. The third-order valence-electron chi connectivity index (χ3n) is 5.35. The summed E-state index contributed by atoms with van der Waals surface area (Å²) in [4.78, 5) is 0. The van der Waals surface area contributed by atoms with E-state index in [1.165, 1.54) is 44.1 Å². The first kappa shape index (κ1) is 14.1. The van der Waals surface area contributed by atoms with Gasteiger partial charge in [0.15, 0.2) is 0 Å². The molecule has 3 rings (SSSR count). The minimum atomic E-state index is 0.558. The second-order valence-electron chi connectivity index (χ2n) is 6.93. The summed E-state index contributed by atoms with van der Waals surface area (Å²) in [5.74, 6) is 2.58. The van der Waals surface area contributed by atoms with Crippen LogP contribution in [-0.2, 0) is 0 Å². The molecule has 1 aromatic carbocycles. The molecule has 0 radical (unpaired) electrons. The lowest BCUT2D eigenvalue weighted by molar-refractivity contribution is 0.348. The van der Waals surface area contributed by atoms with Crippen LogP contribution in [-0.4, -0.2) is 6.54 Å². The first-order chi connectivity index (χ1) is 9.79. The van der Waals surface area contributed by atoms with Gasteiger partial charge < -0.3 is 5.32 Å². The summed E-state index contributed by atoms with van der Waals surface area (Å²) in [5.41, 5.74) is 3.11. The molecule has 2 saturated carbocycles. The van der Waals surface area contributed by atoms with Gasteiger partial charge in [-0.2, -0.15) is 0 Å². The maximum Gasteiger partial charge on any atom is 0.0348 e. The quantitative estimate of drug-likeness (QED) is 0.732. The van der Waals surface area contributed by atoms with E-state index in [-0.39, 0.29) is 0 Å². The van der Waals surface area contributed by atoms with E-state index in [4.69, 9.17) is 0 Å². The van der Waals surface area contributed by atoms with Crippen molar-refractivity contribution in [1.29, 1.82) is 0 Å². The SMILES string of the molecule is CCCNC(c1cccc(C2CCC2)c1)C(C)C1CC1. The highest BCUT2D eigenvalue weighted by molar-refractivity contribution is 5.30. The van der Waals surface area contributed by atoms with Gasteiger partial charge in [0.05, 0.1) is 0 Å². The lowest BCUT2D eigenvalue weighted by Gasteiger charge is -2.29. The fourth-order valence-electron chi connectivity index (χ4n) is 3.55. The van der Waals surface area contributed by atoms with Gasteiger partial charge >= 0.3 is 0 Å². The molecule has 0 saturated heterocycles. The van der Waals surface area contributed by atoms with E-state index in [0.29, 0.717) is 6.04 Å². The van der Waals surface area contributed by atoms with E-state index in [1.807, 2.05) is 0 Å². The summed E-state index contributed by atoms with van der Waals surface area (Å²) in [7, 11) is 0. The zero-order valence-corrected chi connectivity index (χ0v) is 13.1. The molecule has 2 unspecified atom stereocenters. The molecule has 1 N–H and O–H groups in total. The van der Waals surface area contributed by atoms with Crippen LogP contribution in [0.15, 0.2) is 24.3 Å². The molecule has 1 aromatic rings. The maximum absolute atomic E-state index is 3.81. The van der Waals surface area contributed by atoms with Gasteiger partial charge in [-0.25, -0.2) is 0 Å². The Morgan fingerprint density at radius 1 is 1.20 bits per heavy atom. The predicted octanol–water partition coefficient (Wildman–Crippen LogP) is 5.04. The molecule has 2 atom stereocenters. The van der Waals surface area contributed by atoms with Gasteiger partial charge in [0.2, 0.25) is 0 Å². The second-order valence-corrected chi connectivity index (χ2v) is 6.93. The van der Waals surface area contributed by atoms with Crippen molar-refractivity contribution in [1.82, 2.24) is 5.32 Å². The standard InChI is InChI=1S/C19H29N/c1-3-12-20-19(14(2)15-10-11-15)18-9-5-8-17(13-18)16-6-4-7-16/h5,8-9,13-16,19-20H,3-4,6-7,10-12H2,1-2H3. The van der Waals surface area contributed by atoms with Crippen molar-refractivity contribution >= 4 is 0 Å². The Labute approximate surface area is 124 Å². The third kappa shape index (κ3) is 3.09. The van der Waals surface area contributed by atoms with Crippen molar-refractivity contribution in [3.05, 3.63) is 35.4 Å². The molecule has 2 fully saturated rings. The monoisotopic (exact) mass is 271 g/mol. The van der Waals surface area contributed by atoms with Crippen LogP contribution in [0.2, 0.25) is 0 Å². The number of benzene rings is 1. The first-order valence-corrected chi connectivity index (χ1v) is 8.63. The molecule has 2 aliphatic carbocycles. The summed E-state index contributed by atoms with van der Waals surface area (Å²) >= 11 is 0. The van der Waals surface area contributed by atoms with Crippen LogP contribution in [0.3, 0.4) is 0 Å². The summed E-state index contributed by atoms with van der Waals surface area (Å²) in [6.07, 6.45) is 8.31. The normalized spacial score (nSPS) is 22.3. The van der Waals surface area contributed by atoms with Gasteiger partial charge in [0.1, 0.15) is 0 Å². The van der Waals surface area contributed by atoms with Crippen molar-refractivity contribution in [2.75, 3.05) is 6.54 Å². The minimum Gasteiger partial charge on any atom is -0.310 e. The first-order valence-electron chi connectivity index (χ1n) is 8.63. The summed E-state index contributed by atoms with van der Waals surface area (Å²) in [6, 6.07) is 10.0. The molecule has 1 heteroatoms. The van der Waals surface area contributed by atoms with Crippen molar-refractivity contribution in [3.63, 3.8) is 0 Å². The molecular formula is C19H29N. The Kier molecular flexibility index (Phi) is 4.45. The van der Waals surface area contributed by atoms with Gasteiger partial charge in [0, 0.05) is 6.04 Å². The fourth-order valence-corrected chi connectivity index (χ4v) is 3.55. The third-order valence-corrected chi connectivity index (χ3v) is 5.35. The molecule has 2 aliphatic rings. The topological polar surface area (TPSA) is 12.0 Å². The van der Waals surface area contributed by atoms with E-state index in [1.54, 1.807) is 5.56 Å². The number of hydrogen-bond acceptors (Lipinski definition) is 1. The van der Waals surface area contributed by atoms with Gasteiger partial charge in [-0.3, -0.25) is 0 Å². The number of hydrogen-bond donors (Lipinski definition) is 1. The van der Waals surface area contributed by atoms with E-state index in [2.05, 4.69) is 43.4 Å². The molecule has 0 aromatic heterocycles. The van der Waals surface area contributed by atoms with E-state index >= 15 is 0 Å². The van der Waals surface area contributed by atoms with Crippen LogP contribution in [0.25, 0.3) is 0 Å². The van der Waals surface area contributed by atoms with Crippen molar-refractivity contribution < 1.29 is 0 Å². The Bertz CT molecular complexity index is 431. The van der Waals surface area contributed by atoms with E-state index in [0.717, 1.165) is 24.3 Å². The predicted molar refractivity (Wildman–Crippen MR) is 86.0 cm³/mol. The zero-order valence-electron chi connectivity index (χ0n) is 13.1. The van der Waals surface area contributed by atoms with Gasteiger partial charge in [-0.15, -0.1) is 0 Å². The Morgan fingerprint density at radius 3 is 2.60 bits per heavy atom. The van der Waals surface area contributed by atoms with Crippen LogP contribution in [0.4, 0.5) is 0 Å². The Hall–Kier alpha value is -0.820. The zero-order chi connectivity index (χ0) is 13.9. The smallest absolute Gasteiger partial charge is 0.0348 e. The summed E-state index contributed by atoms with van der Waals surface area (Å²) < 4.78 is 0. The van der Waals surface area contributed by atoms with Crippen LogP contribution in [0.5, 0.6) is 0 Å². The number of rotatable bonds is 7. The molecule has 0 bridgehead atoms.